The molecular weight excluding hydrogens is 509 g/mol. The summed E-state index contributed by atoms with van der Waals surface area (Å²) in [5, 5.41) is 1.21. The van der Waals surface area contributed by atoms with Crippen molar-refractivity contribution in [3.63, 3.8) is 0 Å². The van der Waals surface area contributed by atoms with Gasteiger partial charge in [0, 0.05) is 25.0 Å². The number of ketones is 1. The Balaban J connectivity index is 3.08. The maximum absolute atomic E-state index is 13.3. The molecule has 0 aliphatic heterocycles. The number of Topliss-reactive ketones (excluding diaryl/α,β-unsaturated/α-hetero) is 1. The molecule has 38 heavy (non-hydrogen) atoms. The van der Waals surface area contributed by atoms with Gasteiger partial charge in [-0.15, -0.1) is 6.58 Å². The van der Waals surface area contributed by atoms with Gasteiger partial charge in [-0.1, -0.05) is 88.1 Å². The average Bonchev–Trinajstić information content (AvgIpc) is 2.83. The molecule has 7 heteroatoms. The molecule has 0 saturated carbocycles. The summed E-state index contributed by atoms with van der Waals surface area (Å²) >= 11 is 0. The third kappa shape index (κ3) is 11.1. The molecule has 0 spiro atoms. The summed E-state index contributed by atoms with van der Waals surface area (Å²) in [5.41, 5.74) is 2.06. The fourth-order valence-electron chi connectivity index (χ4n) is 3.86. The van der Waals surface area contributed by atoms with Crippen molar-refractivity contribution in [3.05, 3.63) is 59.8 Å². The van der Waals surface area contributed by atoms with Crippen LogP contribution in [-0.4, -0.2) is 48.5 Å². The molecule has 214 valence electrons. The van der Waals surface area contributed by atoms with Gasteiger partial charge in [0.1, 0.15) is 0 Å². The molecule has 0 amide bonds. The second-order valence-corrected chi connectivity index (χ2v) is 22.8. The summed E-state index contributed by atoms with van der Waals surface area (Å²) in [4.78, 5) is 25.8. The molecule has 0 aliphatic carbocycles. The lowest BCUT2D eigenvalue weighted by molar-refractivity contribution is -0.154. The van der Waals surface area contributed by atoms with E-state index in [4.69, 9.17) is 13.9 Å². The lowest BCUT2D eigenvalue weighted by atomic mass is 9.79. The molecule has 1 aromatic carbocycles. The van der Waals surface area contributed by atoms with Gasteiger partial charge in [-0.3, -0.25) is 4.79 Å². The number of hydrogen-bond acceptors (Lipinski definition) is 5. The lowest BCUT2D eigenvalue weighted by Gasteiger charge is -2.38. The topological polar surface area (TPSA) is 61.8 Å². The molecule has 1 aromatic rings. The van der Waals surface area contributed by atoms with Crippen molar-refractivity contribution < 1.29 is 23.5 Å². The first-order valence-electron chi connectivity index (χ1n) is 13.7. The Labute approximate surface area is 234 Å². The summed E-state index contributed by atoms with van der Waals surface area (Å²) in [5.74, 6) is -2.14. The van der Waals surface area contributed by atoms with E-state index in [9.17, 15) is 9.59 Å². The van der Waals surface area contributed by atoms with Gasteiger partial charge in [0.05, 0.1) is 21.8 Å². The Morgan fingerprint density at radius 2 is 1.55 bits per heavy atom. The summed E-state index contributed by atoms with van der Waals surface area (Å²) in [7, 11) is -2.40. The highest BCUT2D eigenvalue weighted by molar-refractivity contribution is 6.82. The SMILES string of the molecule is C=C(CCCOCc1ccccc1)[C@@H](CO[Si](C)(C)C(C)(C)C)[C@@H](CCC(=C)[Si](C)(C)C)C(=O)C(=O)OC. The normalized spacial score (nSPS) is 14.0. The molecule has 0 bridgehead atoms. The van der Waals surface area contributed by atoms with Gasteiger partial charge in [-0.05, 0) is 49.4 Å². The van der Waals surface area contributed by atoms with Crippen molar-refractivity contribution >= 4 is 28.1 Å². The smallest absolute Gasteiger partial charge is 0.374 e. The van der Waals surface area contributed by atoms with Crippen LogP contribution in [-0.2, 0) is 30.1 Å². The highest BCUT2D eigenvalue weighted by atomic mass is 28.4. The highest BCUT2D eigenvalue weighted by Gasteiger charge is 2.40. The predicted molar refractivity (Wildman–Crippen MR) is 163 cm³/mol. The molecule has 0 radical (unpaired) electrons. The summed E-state index contributed by atoms with van der Waals surface area (Å²) in [6, 6.07) is 10.1. The number of carbonyl (C=O) groups excluding carboxylic acids is 2. The van der Waals surface area contributed by atoms with Crippen LogP contribution in [0.25, 0.3) is 0 Å². The minimum atomic E-state index is -2.09. The van der Waals surface area contributed by atoms with Crippen LogP contribution in [0.5, 0.6) is 0 Å². The van der Waals surface area contributed by atoms with Crippen molar-refractivity contribution in [2.24, 2.45) is 11.8 Å². The number of allylic oxidation sites excluding steroid dienone is 1. The molecule has 1 rings (SSSR count). The Bertz CT molecular complexity index is 926. The summed E-state index contributed by atoms with van der Waals surface area (Å²) < 4.78 is 17.4. The van der Waals surface area contributed by atoms with Gasteiger partial charge in [-0.25, -0.2) is 4.79 Å². The van der Waals surface area contributed by atoms with Crippen LogP contribution in [0.1, 0.15) is 52.0 Å². The monoisotopic (exact) mass is 560 g/mol. The molecule has 0 fully saturated rings. The van der Waals surface area contributed by atoms with E-state index >= 15 is 0 Å². The third-order valence-electron chi connectivity index (χ3n) is 7.88. The van der Waals surface area contributed by atoms with Crippen LogP contribution < -0.4 is 0 Å². The molecule has 0 aromatic heterocycles. The fourth-order valence-corrected chi connectivity index (χ4v) is 5.78. The molecule has 5 nitrogen and oxygen atoms in total. The number of carbonyl (C=O) groups is 2. The molecule has 0 unspecified atom stereocenters. The number of esters is 1. The first-order valence-corrected chi connectivity index (χ1v) is 20.2. The average molecular weight is 561 g/mol. The largest absolute Gasteiger partial charge is 0.463 e. The minimum absolute atomic E-state index is 0.0259. The van der Waals surface area contributed by atoms with Gasteiger partial charge < -0.3 is 13.9 Å². The third-order valence-corrected chi connectivity index (χ3v) is 14.8. The van der Waals surface area contributed by atoms with Crippen molar-refractivity contribution in [3.8, 4) is 0 Å². The first-order chi connectivity index (χ1) is 17.5. The van der Waals surface area contributed by atoms with Gasteiger partial charge in [0.2, 0.25) is 5.78 Å². The second kappa shape index (κ2) is 15.1. The lowest BCUT2D eigenvalue weighted by Crippen LogP contribution is -2.44. The first kappa shape index (κ1) is 34.2. The quantitative estimate of drug-likeness (QED) is 0.0641. The Hall–Kier alpha value is -1.81. The van der Waals surface area contributed by atoms with Crippen LogP contribution in [0.4, 0.5) is 0 Å². The summed E-state index contributed by atoms with van der Waals surface area (Å²) in [6.45, 7) is 28.0. The van der Waals surface area contributed by atoms with Crippen molar-refractivity contribution in [2.45, 2.75) is 90.8 Å². The standard InChI is InChI=1S/C31H52O5Si2/c1-24(16-15-21-35-22-26-17-13-12-14-18-26)28(23-36-38(10,11)31(3,4)5)27(29(32)30(33)34-6)20-19-25(2)37(7,8)9/h12-14,17-18,27-28H,1-2,15-16,19-23H2,3-11H3/t27-,28-/m1/s1. The highest BCUT2D eigenvalue weighted by Crippen LogP contribution is 2.39. The summed E-state index contributed by atoms with van der Waals surface area (Å²) in [6.07, 6.45) is 2.71. The van der Waals surface area contributed by atoms with Crippen LogP contribution in [0.15, 0.2) is 54.3 Å². The molecule has 0 aliphatic rings. The Morgan fingerprint density at radius 1 is 0.947 bits per heavy atom. The van der Waals surface area contributed by atoms with E-state index in [0.717, 1.165) is 17.6 Å². The van der Waals surface area contributed by atoms with Gasteiger partial charge >= 0.3 is 5.97 Å². The van der Waals surface area contributed by atoms with E-state index < -0.39 is 34.1 Å². The van der Waals surface area contributed by atoms with Gasteiger partial charge in [-0.2, -0.15) is 0 Å². The number of ether oxygens (including phenoxy) is 2. The number of hydrogen-bond donors (Lipinski definition) is 0. The zero-order valence-electron chi connectivity index (χ0n) is 25.4. The second-order valence-electron chi connectivity index (χ2n) is 12.8. The van der Waals surface area contributed by atoms with Crippen LogP contribution >= 0.6 is 0 Å². The molecular formula is C31H52O5Si2. The molecule has 0 N–H and O–H groups in total. The molecule has 0 heterocycles. The van der Waals surface area contributed by atoms with Gasteiger partial charge in [0.15, 0.2) is 8.32 Å². The van der Waals surface area contributed by atoms with E-state index in [-0.39, 0.29) is 11.0 Å². The van der Waals surface area contributed by atoms with Crippen LogP contribution in [0.2, 0.25) is 37.8 Å². The van der Waals surface area contributed by atoms with Crippen LogP contribution in [0, 0.1) is 11.8 Å². The van der Waals surface area contributed by atoms with E-state index in [1.165, 1.54) is 12.3 Å². The van der Waals surface area contributed by atoms with Crippen molar-refractivity contribution in [1.82, 2.24) is 0 Å². The Kier molecular flexibility index (Phi) is 13.6. The number of methoxy groups -OCH3 is 1. The van der Waals surface area contributed by atoms with Crippen molar-refractivity contribution in [2.75, 3.05) is 20.3 Å². The van der Waals surface area contributed by atoms with E-state index in [2.05, 4.69) is 66.7 Å². The van der Waals surface area contributed by atoms with E-state index in [1.54, 1.807) is 0 Å². The maximum Gasteiger partial charge on any atom is 0.374 e. The van der Waals surface area contributed by atoms with E-state index in [0.29, 0.717) is 39.1 Å². The zero-order valence-corrected chi connectivity index (χ0v) is 27.4. The van der Waals surface area contributed by atoms with Crippen LogP contribution in [0.3, 0.4) is 0 Å². The Morgan fingerprint density at radius 3 is 2.08 bits per heavy atom. The number of rotatable bonds is 17. The maximum atomic E-state index is 13.3. The zero-order chi connectivity index (χ0) is 29.1. The molecule has 0 saturated heterocycles. The van der Waals surface area contributed by atoms with E-state index in [1.807, 2.05) is 30.3 Å². The number of benzene rings is 1. The fraction of sp³-hybridized carbons (Fsp3) is 0.613. The van der Waals surface area contributed by atoms with Crippen molar-refractivity contribution in [1.29, 1.82) is 0 Å². The minimum Gasteiger partial charge on any atom is -0.463 e. The predicted octanol–water partition coefficient (Wildman–Crippen LogP) is 7.75. The molecule has 2 atom stereocenters. The van der Waals surface area contributed by atoms with Gasteiger partial charge in [0.25, 0.3) is 0 Å².